The van der Waals surface area contributed by atoms with Gasteiger partial charge < -0.3 is 19.5 Å². The molecule has 0 aliphatic heterocycles. The van der Waals surface area contributed by atoms with E-state index in [4.69, 9.17) is 24.5 Å². The minimum Gasteiger partial charge on any atom is -0.497 e. The molecule has 3 aromatic carbocycles. The van der Waals surface area contributed by atoms with Gasteiger partial charge in [0, 0.05) is 6.07 Å². The van der Waals surface area contributed by atoms with Gasteiger partial charge in [-0.3, -0.25) is 4.79 Å². The van der Waals surface area contributed by atoms with Gasteiger partial charge in [-0.2, -0.15) is 13.2 Å². The normalized spacial score (nSPS) is 12.1. The molecule has 3 rings (SSSR count). The Labute approximate surface area is 215 Å². The number of hydrogen-bond acceptors (Lipinski definition) is 8. The molecule has 16 heteroatoms. The number of ether oxygens (including phenoxy) is 3. The van der Waals surface area contributed by atoms with Crippen molar-refractivity contribution < 1.29 is 49.0 Å². The fourth-order valence-corrected chi connectivity index (χ4v) is 4.49. The molecular formula is C22H20F3N3O8S2. The summed E-state index contributed by atoms with van der Waals surface area (Å²) < 4.78 is 104. The first kappa shape index (κ1) is 28.7. The Morgan fingerprint density at radius 1 is 0.816 bits per heavy atom. The van der Waals surface area contributed by atoms with Crippen molar-refractivity contribution >= 4 is 31.6 Å². The summed E-state index contributed by atoms with van der Waals surface area (Å²) in [6.07, 6.45) is -4.84. The molecule has 38 heavy (non-hydrogen) atoms. The van der Waals surface area contributed by atoms with Crippen LogP contribution >= 0.6 is 0 Å². The number of hydrogen-bond donors (Lipinski definition) is 3. The number of carbonyl (C=O) groups is 1. The van der Waals surface area contributed by atoms with Crippen molar-refractivity contribution in [2.75, 3.05) is 19.5 Å². The molecule has 0 atom stereocenters. The van der Waals surface area contributed by atoms with Crippen molar-refractivity contribution in [2.24, 2.45) is 10.3 Å². The van der Waals surface area contributed by atoms with Crippen molar-refractivity contribution in [1.29, 1.82) is 0 Å². The van der Waals surface area contributed by atoms with Crippen molar-refractivity contribution in [3.8, 4) is 23.0 Å². The Morgan fingerprint density at radius 3 is 2.03 bits per heavy atom. The third-order valence-corrected chi connectivity index (χ3v) is 6.84. The largest absolute Gasteiger partial charge is 0.497 e. The molecule has 0 aliphatic rings. The molecule has 1 amide bonds. The van der Waals surface area contributed by atoms with Gasteiger partial charge in [0.05, 0.1) is 35.9 Å². The summed E-state index contributed by atoms with van der Waals surface area (Å²) in [5.74, 6) is -1.04. The summed E-state index contributed by atoms with van der Waals surface area (Å²) >= 11 is 0. The van der Waals surface area contributed by atoms with E-state index < -0.39 is 58.7 Å². The van der Waals surface area contributed by atoms with Crippen molar-refractivity contribution in [1.82, 2.24) is 0 Å². The topological polar surface area (TPSA) is 177 Å². The number of primary sulfonamides is 2. The molecular weight excluding hydrogens is 555 g/mol. The fourth-order valence-electron chi connectivity index (χ4n) is 3.16. The van der Waals surface area contributed by atoms with Gasteiger partial charge in [-0.05, 0) is 48.5 Å². The zero-order valence-corrected chi connectivity index (χ0v) is 21.2. The number of halogens is 3. The summed E-state index contributed by atoms with van der Waals surface area (Å²) in [5, 5.41) is 12.3. The number of nitrogens with two attached hydrogens (primary N) is 2. The SMILES string of the molecule is COc1ccc(Oc2ccc(C(F)(F)F)cc2C(=O)Nc2ccc(S(N)(=O)=O)cc2S(N)(=O)=O)c(OC)c1. The molecule has 0 unspecified atom stereocenters. The number of rotatable bonds is 8. The van der Waals surface area contributed by atoms with Crippen LogP contribution in [0.4, 0.5) is 18.9 Å². The fraction of sp³-hybridized carbons (Fsp3) is 0.136. The van der Waals surface area contributed by atoms with E-state index in [0.717, 1.165) is 18.2 Å². The molecule has 0 aliphatic carbocycles. The number of nitrogens with one attached hydrogen (secondary N) is 1. The average molecular weight is 576 g/mol. The molecule has 3 aromatic rings. The van der Waals surface area contributed by atoms with Crippen LogP contribution in [0.5, 0.6) is 23.0 Å². The highest BCUT2D eigenvalue weighted by molar-refractivity contribution is 7.90. The molecule has 0 heterocycles. The quantitative estimate of drug-likeness (QED) is 0.367. The van der Waals surface area contributed by atoms with Gasteiger partial charge in [0.2, 0.25) is 20.0 Å². The van der Waals surface area contributed by atoms with Crippen LogP contribution in [0.1, 0.15) is 15.9 Å². The first-order valence-electron chi connectivity index (χ1n) is 10.2. The second kappa shape index (κ2) is 10.5. The third kappa shape index (κ3) is 6.52. The van der Waals surface area contributed by atoms with E-state index in [0.29, 0.717) is 23.9 Å². The Kier molecular flexibility index (Phi) is 7.92. The zero-order valence-electron chi connectivity index (χ0n) is 19.6. The van der Waals surface area contributed by atoms with Gasteiger partial charge in [0.15, 0.2) is 11.5 Å². The lowest BCUT2D eigenvalue weighted by Crippen LogP contribution is -2.21. The van der Waals surface area contributed by atoms with E-state index in [-0.39, 0.29) is 17.2 Å². The smallest absolute Gasteiger partial charge is 0.416 e. The Hall–Kier alpha value is -3.86. The second-order valence-electron chi connectivity index (χ2n) is 7.53. The number of sulfonamides is 2. The Balaban J connectivity index is 2.11. The van der Waals surface area contributed by atoms with E-state index in [1.54, 1.807) is 0 Å². The van der Waals surface area contributed by atoms with Gasteiger partial charge in [0.1, 0.15) is 16.4 Å². The lowest BCUT2D eigenvalue weighted by atomic mass is 10.1. The molecule has 0 radical (unpaired) electrons. The van der Waals surface area contributed by atoms with Crippen LogP contribution < -0.4 is 29.8 Å². The number of carbonyl (C=O) groups excluding carboxylic acids is 1. The highest BCUT2D eigenvalue weighted by atomic mass is 32.2. The summed E-state index contributed by atoms with van der Waals surface area (Å²) in [7, 11) is -6.27. The van der Waals surface area contributed by atoms with E-state index in [1.165, 1.54) is 32.4 Å². The zero-order chi connectivity index (χ0) is 28.5. The predicted molar refractivity (Wildman–Crippen MR) is 128 cm³/mol. The van der Waals surface area contributed by atoms with E-state index in [1.807, 2.05) is 0 Å². The third-order valence-electron chi connectivity index (χ3n) is 4.98. The molecule has 0 saturated carbocycles. The Morgan fingerprint density at radius 2 is 1.47 bits per heavy atom. The van der Waals surface area contributed by atoms with E-state index in [2.05, 4.69) is 5.32 Å². The summed E-state index contributed by atoms with van der Waals surface area (Å²) in [6, 6.07) is 8.73. The van der Waals surface area contributed by atoms with Gasteiger partial charge in [0.25, 0.3) is 5.91 Å². The van der Waals surface area contributed by atoms with Crippen LogP contribution in [0.2, 0.25) is 0 Å². The molecule has 204 valence electrons. The number of alkyl halides is 3. The van der Waals surface area contributed by atoms with Gasteiger partial charge in [-0.25, -0.2) is 27.1 Å². The number of methoxy groups -OCH3 is 2. The molecule has 0 aromatic heterocycles. The highest BCUT2D eigenvalue weighted by Gasteiger charge is 2.32. The standard InChI is InChI=1S/C22H20F3N3O8S2/c1-34-13-4-8-18(19(10-13)35-2)36-17-7-3-12(22(23,24)25)9-15(17)21(29)28-16-6-5-14(37(26,30)31)11-20(16)38(27,32)33/h3-11H,1-2H3,(H,28,29)(H2,26,30,31)(H2,27,32,33). The number of amides is 1. The van der Waals surface area contributed by atoms with E-state index in [9.17, 15) is 34.8 Å². The van der Waals surface area contributed by atoms with Crippen LogP contribution in [0.25, 0.3) is 0 Å². The Bertz CT molecular complexity index is 1610. The maximum atomic E-state index is 13.4. The molecule has 0 saturated heterocycles. The molecule has 5 N–H and O–H groups in total. The average Bonchev–Trinajstić information content (AvgIpc) is 2.82. The second-order valence-corrected chi connectivity index (χ2v) is 10.6. The minimum absolute atomic E-state index is 0.0184. The van der Waals surface area contributed by atoms with Crippen LogP contribution in [0, 0.1) is 0 Å². The van der Waals surface area contributed by atoms with Crippen LogP contribution in [0.15, 0.2) is 64.4 Å². The van der Waals surface area contributed by atoms with Gasteiger partial charge >= 0.3 is 6.18 Å². The highest BCUT2D eigenvalue weighted by Crippen LogP contribution is 2.38. The maximum Gasteiger partial charge on any atom is 0.416 e. The molecule has 0 bridgehead atoms. The van der Waals surface area contributed by atoms with E-state index >= 15 is 0 Å². The van der Waals surface area contributed by atoms with Crippen LogP contribution in [-0.4, -0.2) is 37.0 Å². The monoisotopic (exact) mass is 575 g/mol. The lowest BCUT2D eigenvalue weighted by molar-refractivity contribution is -0.137. The van der Waals surface area contributed by atoms with Crippen LogP contribution in [-0.2, 0) is 26.2 Å². The van der Waals surface area contributed by atoms with Gasteiger partial charge in [-0.1, -0.05) is 0 Å². The molecule has 0 spiro atoms. The first-order valence-corrected chi connectivity index (χ1v) is 13.3. The lowest BCUT2D eigenvalue weighted by Gasteiger charge is -2.17. The molecule has 11 nitrogen and oxygen atoms in total. The number of anilines is 1. The van der Waals surface area contributed by atoms with Crippen LogP contribution in [0.3, 0.4) is 0 Å². The van der Waals surface area contributed by atoms with Crippen molar-refractivity contribution in [3.63, 3.8) is 0 Å². The first-order chi connectivity index (χ1) is 17.5. The van der Waals surface area contributed by atoms with Crippen molar-refractivity contribution in [3.05, 3.63) is 65.7 Å². The van der Waals surface area contributed by atoms with Gasteiger partial charge in [-0.15, -0.1) is 0 Å². The summed E-state index contributed by atoms with van der Waals surface area (Å²) in [4.78, 5) is 11.7. The van der Waals surface area contributed by atoms with Crippen molar-refractivity contribution in [2.45, 2.75) is 16.0 Å². The summed E-state index contributed by atoms with van der Waals surface area (Å²) in [5.41, 5.74) is -2.36. The maximum absolute atomic E-state index is 13.4. The minimum atomic E-state index is -4.84. The summed E-state index contributed by atoms with van der Waals surface area (Å²) in [6.45, 7) is 0. The molecule has 0 fully saturated rings. The predicted octanol–water partition coefficient (Wildman–Crippen LogP) is 3.06. The number of benzene rings is 3.